The summed E-state index contributed by atoms with van der Waals surface area (Å²) in [6.07, 6.45) is 0.736. The monoisotopic (exact) mass is 407 g/mol. The highest BCUT2D eigenvalue weighted by Gasteiger charge is 2.24. The van der Waals surface area contributed by atoms with Crippen molar-refractivity contribution in [3.63, 3.8) is 0 Å². The number of anilines is 1. The van der Waals surface area contributed by atoms with Crippen molar-refractivity contribution >= 4 is 41.5 Å². The Morgan fingerprint density at radius 3 is 2.30 bits per heavy atom. The standard InChI is InChI=1S/C20H22ClN3O2.ClH/c1-14-6-7-17(22)13-18(14)20(26)24-9-3-8-23(10-11-24)19(25)15-4-2-5-16(21)12-15;/h2,4-7,12-13H,3,8-11,22H2,1H3;1H. The molecule has 1 saturated heterocycles. The molecular weight excluding hydrogens is 385 g/mol. The van der Waals surface area contributed by atoms with Gasteiger partial charge in [0.2, 0.25) is 0 Å². The number of hydrogen-bond donors (Lipinski definition) is 1. The number of carbonyl (C=O) groups is 2. The number of amides is 2. The van der Waals surface area contributed by atoms with Crippen molar-refractivity contribution in [1.29, 1.82) is 0 Å². The lowest BCUT2D eigenvalue weighted by atomic mass is 10.1. The van der Waals surface area contributed by atoms with E-state index in [4.69, 9.17) is 17.3 Å². The van der Waals surface area contributed by atoms with Crippen LogP contribution in [0.15, 0.2) is 42.5 Å². The van der Waals surface area contributed by atoms with Gasteiger partial charge in [-0.3, -0.25) is 9.59 Å². The summed E-state index contributed by atoms with van der Waals surface area (Å²) in [6.45, 7) is 4.13. The minimum atomic E-state index is -0.0538. The number of carbonyl (C=O) groups excluding carboxylic acids is 2. The van der Waals surface area contributed by atoms with Crippen LogP contribution in [0, 0.1) is 6.92 Å². The van der Waals surface area contributed by atoms with Crippen LogP contribution in [0.1, 0.15) is 32.7 Å². The minimum absolute atomic E-state index is 0. The molecule has 1 aliphatic rings. The van der Waals surface area contributed by atoms with Crippen LogP contribution in [0.3, 0.4) is 0 Å². The van der Waals surface area contributed by atoms with Crippen molar-refractivity contribution in [2.45, 2.75) is 13.3 Å². The summed E-state index contributed by atoms with van der Waals surface area (Å²) in [5, 5.41) is 0.541. The summed E-state index contributed by atoms with van der Waals surface area (Å²) in [5.41, 5.74) is 8.51. The summed E-state index contributed by atoms with van der Waals surface area (Å²) in [6, 6.07) is 12.3. The second-order valence-corrected chi connectivity index (χ2v) is 6.96. The van der Waals surface area contributed by atoms with Gasteiger partial charge in [0.1, 0.15) is 0 Å². The maximum Gasteiger partial charge on any atom is 0.254 e. The van der Waals surface area contributed by atoms with Gasteiger partial charge in [-0.05, 0) is 49.2 Å². The molecule has 1 fully saturated rings. The molecule has 0 atom stereocenters. The number of nitrogens with two attached hydrogens (primary N) is 1. The molecule has 2 amide bonds. The molecule has 2 aromatic rings. The van der Waals surface area contributed by atoms with Crippen molar-refractivity contribution in [2.75, 3.05) is 31.9 Å². The first kappa shape index (κ1) is 21.1. The van der Waals surface area contributed by atoms with E-state index in [1.807, 2.05) is 13.0 Å². The van der Waals surface area contributed by atoms with Crippen molar-refractivity contribution in [1.82, 2.24) is 9.80 Å². The zero-order valence-electron chi connectivity index (χ0n) is 15.2. The Balaban J connectivity index is 0.00000261. The molecule has 0 unspecified atom stereocenters. The number of benzene rings is 2. The number of nitrogens with zero attached hydrogens (tertiary/aromatic N) is 2. The molecule has 1 aliphatic heterocycles. The average Bonchev–Trinajstić information content (AvgIpc) is 2.88. The summed E-state index contributed by atoms with van der Waals surface area (Å²) in [7, 11) is 0. The predicted molar refractivity (Wildman–Crippen MR) is 111 cm³/mol. The van der Waals surface area contributed by atoms with Crippen molar-refractivity contribution in [3.8, 4) is 0 Å². The lowest BCUT2D eigenvalue weighted by Gasteiger charge is -2.23. The molecule has 0 spiro atoms. The number of hydrogen-bond acceptors (Lipinski definition) is 3. The fourth-order valence-corrected chi connectivity index (χ4v) is 3.36. The Morgan fingerprint density at radius 1 is 0.963 bits per heavy atom. The van der Waals surface area contributed by atoms with E-state index in [1.54, 1.807) is 46.2 Å². The molecular formula is C20H23Cl2N3O2. The van der Waals surface area contributed by atoms with Gasteiger partial charge in [-0.25, -0.2) is 0 Å². The van der Waals surface area contributed by atoms with Gasteiger partial charge < -0.3 is 15.5 Å². The zero-order chi connectivity index (χ0) is 18.7. The highest BCUT2D eigenvalue weighted by atomic mass is 35.5. The molecule has 0 radical (unpaired) electrons. The molecule has 1 heterocycles. The molecule has 2 aromatic carbocycles. The number of halogens is 2. The highest BCUT2D eigenvalue weighted by molar-refractivity contribution is 6.30. The van der Waals surface area contributed by atoms with Gasteiger partial charge in [0, 0.05) is 48.0 Å². The fraction of sp³-hybridized carbons (Fsp3) is 0.300. The largest absolute Gasteiger partial charge is 0.399 e. The van der Waals surface area contributed by atoms with E-state index in [-0.39, 0.29) is 24.2 Å². The number of nitrogen functional groups attached to an aromatic ring is 1. The molecule has 0 aromatic heterocycles. The summed E-state index contributed by atoms with van der Waals surface area (Å²) in [4.78, 5) is 29.1. The molecule has 0 saturated carbocycles. The van der Waals surface area contributed by atoms with E-state index in [0.29, 0.717) is 48.0 Å². The normalized spacial score (nSPS) is 14.3. The van der Waals surface area contributed by atoms with Gasteiger partial charge in [0.05, 0.1) is 0 Å². The summed E-state index contributed by atoms with van der Waals surface area (Å²) < 4.78 is 0. The lowest BCUT2D eigenvalue weighted by Crippen LogP contribution is -2.37. The molecule has 27 heavy (non-hydrogen) atoms. The van der Waals surface area contributed by atoms with Crippen LogP contribution in [-0.2, 0) is 0 Å². The van der Waals surface area contributed by atoms with Crippen molar-refractivity contribution < 1.29 is 9.59 Å². The Labute approximate surface area is 170 Å². The molecule has 3 rings (SSSR count). The first-order valence-electron chi connectivity index (χ1n) is 8.66. The van der Waals surface area contributed by atoms with E-state index < -0.39 is 0 Å². The SMILES string of the molecule is Cc1ccc(N)cc1C(=O)N1CCCN(C(=O)c2cccc(Cl)c2)CC1.Cl. The quantitative estimate of drug-likeness (QED) is 0.772. The van der Waals surface area contributed by atoms with Crippen LogP contribution >= 0.6 is 24.0 Å². The second-order valence-electron chi connectivity index (χ2n) is 6.52. The van der Waals surface area contributed by atoms with Crippen LogP contribution in [0.25, 0.3) is 0 Å². The van der Waals surface area contributed by atoms with Gasteiger partial charge in [-0.1, -0.05) is 23.7 Å². The first-order valence-corrected chi connectivity index (χ1v) is 9.04. The first-order chi connectivity index (χ1) is 12.5. The third kappa shape index (κ3) is 4.93. The van der Waals surface area contributed by atoms with Gasteiger partial charge in [0.25, 0.3) is 11.8 Å². The Bertz CT molecular complexity index is 842. The number of rotatable bonds is 2. The Morgan fingerprint density at radius 2 is 1.63 bits per heavy atom. The van der Waals surface area contributed by atoms with Gasteiger partial charge in [0.15, 0.2) is 0 Å². The molecule has 144 valence electrons. The molecule has 5 nitrogen and oxygen atoms in total. The van der Waals surface area contributed by atoms with Crippen molar-refractivity contribution in [3.05, 3.63) is 64.2 Å². The average molecular weight is 408 g/mol. The highest BCUT2D eigenvalue weighted by Crippen LogP contribution is 2.18. The molecule has 7 heteroatoms. The van der Waals surface area contributed by atoms with Gasteiger partial charge >= 0.3 is 0 Å². The van der Waals surface area contributed by atoms with Crippen LogP contribution in [0.2, 0.25) is 5.02 Å². The van der Waals surface area contributed by atoms with Crippen molar-refractivity contribution in [2.24, 2.45) is 0 Å². The maximum absolute atomic E-state index is 12.9. The third-order valence-electron chi connectivity index (χ3n) is 4.63. The lowest BCUT2D eigenvalue weighted by molar-refractivity contribution is 0.0718. The minimum Gasteiger partial charge on any atom is -0.399 e. The number of aryl methyl sites for hydroxylation is 1. The van der Waals surface area contributed by atoms with Gasteiger partial charge in [-0.2, -0.15) is 0 Å². The van der Waals surface area contributed by atoms with Crippen LogP contribution in [0.5, 0.6) is 0 Å². The van der Waals surface area contributed by atoms with Crippen LogP contribution < -0.4 is 5.73 Å². The summed E-state index contributed by atoms with van der Waals surface area (Å²) >= 11 is 5.99. The Hall–Kier alpha value is -2.24. The zero-order valence-corrected chi connectivity index (χ0v) is 16.7. The molecule has 0 aliphatic carbocycles. The van der Waals surface area contributed by atoms with E-state index in [2.05, 4.69) is 0 Å². The maximum atomic E-state index is 12.9. The smallest absolute Gasteiger partial charge is 0.254 e. The van der Waals surface area contributed by atoms with E-state index >= 15 is 0 Å². The van der Waals surface area contributed by atoms with E-state index in [0.717, 1.165) is 12.0 Å². The molecule has 0 bridgehead atoms. The van der Waals surface area contributed by atoms with Gasteiger partial charge in [-0.15, -0.1) is 12.4 Å². The summed E-state index contributed by atoms with van der Waals surface area (Å²) in [5.74, 6) is -0.0891. The third-order valence-corrected chi connectivity index (χ3v) is 4.87. The second kappa shape index (κ2) is 9.11. The van der Waals surface area contributed by atoms with E-state index in [1.165, 1.54) is 0 Å². The predicted octanol–water partition coefficient (Wildman–Crippen LogP) is 3.64. The molecule has 2 N–H and O–H groups in total. The van der Waals surface area contributed by atoms with E-state index in [9.17, 15) is 9.59 Å². The van der Waals surface area contributed by atoms with Crippen LogP contribution in [0.4, 0.5) is 5.69 Å². The fourth-order valence-electron chi connectivity index (χ4n) is 3.17. The van der Waals surface area contributed by atoms with Crippen LogP contribution in [-0.4, -0.2) is 47.8 Å². The topological polar surface area (TPSA) is 66.6 Å². The Kier molecular flexibility index (Phi) is 7.11.